The lowest BCUT2D eigenvalue weighted by Crippen LogP contribution is -2.10. The molecular formula is C16H14N4. The summed E-state index contributed by atoms with van der Waals surface area (Å²) in [5, 5.41) is 0. The predicted molar refractivity (Wildman–Crippen MR) is 80.7 cm³/mol. The molecule has 0 radical (unpaired) electrons. The van der Waals surface area contributed by atoms with Gasteiger partial charge in [-0.2, -0.15) is 0 Å². The maximum Gasteiger partial charge on any atom is 0.166 e. The van der Waals surface area contributed by atoms with E-state index in [0.29, 0.717) is 5.82 Å². The van der Waals surface area contributed by atoms with Crippen LogP contribution in [0.25, 0.3) is 22.4 Å². The molecule has 0 aliphatic rings. The van der Waals surface area contributed by atoms with Gasteiger partial charge in [-0.25, -0.2) is 10.8 Å². The molecule has 4 nitrogen and oxygen atoms in total. The number of rotatable bonds is 3. The quantitative estimate of drug-likeness (QED) is 0.562. The SMILES string of the molecule is NNc1nccnc1-c1ccc(-c2ccccc2)cc1. The predicted octanol–water partition coefficient (Wildman–Crippen LogP) is 3.10. The summed E-state index contributed by atoms with van der Waals surface area (Å²) < 4.78 is 0. The third-order valence-corrected chi connectivity index (χ3v) is 3.10. The summed E-state index contributed by atoms with van der Waals surface area (Å²) in [4.78, 5) is 8.47. The van der Waals surface area contributed by atoms with Crippen molar-refractivity contribution in [1.29, 1.82) is 0 Å². The number of benzene rings is 2. The van der Waals surface area contributed by atoms with Gasteiger partial charge in [0.05, 0.1) is 0 Å². The molecule has 0 aliphatic carbocycles. The Kier molecular flexibility index (Phi) is 3.39. The molecular weight excluding hydrogens is 248 g/mol. The van der Waals surface area contributed by atoms with Gasteiger partial charge in [0.2, 0.25) is 0 Å². The first-order valence-electron chi connectivity index (χ1n) is 6.32. The molecule has 3 aromatic rings. The van der Waals surface area contributed by atoms with Crippen LogP contribution in [-0.4, -0.2) is 9.97 Å². The van der Waals surface area contributed by atoms with Crippen molar-refractivity contribution in [2.75, 3.05) is 5.43 Å². The standard InChI is InChI=1S/C16H14N4/c17-20-16-15(18-10-11-19-16)14-8-6-13(7-9-14)12-4-2-1-3-5-12/h1-11H,17H2,(H,19,20). The van der Waals surface area contributed by atoms with Crippen LogP contribution in [0, 0.1) is 0 Å². The van der Waals surface area contributed by atoms with Crippen molar-refractivity contribution in [3.63, 3.8) is 0 Å². The lowest BCUT2D eigenvalue weighted by Gasteiger charge is -2.07. The highest BCUT2D eigenvalue weighted by atomic mass is 15.3. The lowest BCUT2D eigenvalue weighted by atomic mass is 10.0. The topological polar surface area (TPSA) is 63.8 Å². The Morgan fingerprint density at radius 2 is 1.30 bits per heavy atom. The Balaban J connectivity index is 1.98. The summed E-state index contributed by atoms with van der Waals surface area (Å²) in [7, 11) is 0. The van der Waals surface area contributed by atoms with E-state index in [2.05, 4.69) is 39.7 Å². The van der Waals surface area contributed by atoms with E-state index in [-0.39, 0.29) is 0 Å². The van der Waals surface area contributed by atoms with E-state index in [1.165, 1.54) is 11.1 Å². The number of nitrogens with zero attached hydrogens (tertiary/aromatic N) is 2. The molecule has 0 fully saturated rings. The Hall–Kier alpha value is -2.72. The molecule has 20 heavy (non-hydrogen) atoms. The van der Waals surface area contributed by atoms with Crippen LogP contribution in [0.2, 0.25) is 0 Å². The molecule has 0 amide bonds. The first-order chi connectivity index (χ1) is 9.88. The number of hydrogen-bond donors (Lipinski definition) is 2. The lowest BCUT2D eigenvalue weighted by molar-refractivity contribution is 1.16. The highest BCUT2D eigenvalue weighted by Gasteiger charge is 2.06. The fourth-order valence-electron chi connectivity index (χ4n) is 2.11. The van der Waals surface area contributed by atoms with Gasteiger partial charge in [0, 0.05) is 18.0 Å². The zero-order chi connectivity index (χ0) is 13.8. The Morgan fingerprint density at radius 3 is 2.00 bits per heavy atom. The largest absolute Gasteiger partial charge is 0.307 e. The van der Waals surface area contributed by atoms with Gasteiger partial charge < -0.3 is 5.43 Å². The second-order valence-electron chi connectivity index (χ2n) is 4.34. The van der Waals surface area contributed by atoms with E-state index in [4.69, 9.17) is 5.84 Å². The average molecular weight is 262 g/mol. The Labute approximate surface area is 117 Å². The van der Waals surface area contributed by atoms with E-state index < -0.39 is 0 Å². The van der Waals surface area contributed by atoms with Crippen molar-refractivity contribution < 1.29 is 0 Å². The molecule has 4 heteroatoms. The van der Waals surface area contributed by atoms with E-state index in [9.17, 15) is 0 Å². The number of aromatic nitrogens is 2. The highest BCUT2D eigenvalue weighted by molar-refractivity contribution is 5.74. The van der Waals surface area contributed by atoms with Gasteiger partial charge >= 0.3 is 0 Å². The summed E-state index contributed by atoms with van der Waals surface area (Å²) in [6, 6.07) is 18.4. The molecule has 0 aliphatic heterocycles. The fourth-order valence-corrected chi connectivity index (χ4v) is 2.11. The van der Waals surface area contributed by atoms with E-state index >= 15 is 0 Å². The van der Waals surface area contributed by atoms with Crippen molar-refractivity contribution >= 4 is 5.82 Å². The fraction of sp³-hybridized carbons (Fsp3) is 0. The van der Waals surface area contributed by atoms with Gasteiger partial charge in [0.25, 0.3) is 0 Å². The zero-order valence-corrected chi connectivity index (χ0v) is 10.8. The van der Waals surface area contributed by atoms with E-state index in [1.54, 1.807) is 12.4 Å². The minimum Gasteiger partial charge on any atom is -0.307 e. The number of hydrazine groups is 1. The Bertz CT molecular complexity index is 693. The van der Waals surface area contributed by atoms with Crippen LogP contribution in [0.1, 0.15) is 0 Å². The minimum absolute atomic E-state index is 0.569. The van der Waals surface area contributed by atoms with Crippen molar-refractivity contribution in [3.05, 3.63) is 67.0 Å². The molecule has 2 aromatic carbocycles. The molecule has 0 saturated heterocycles. The third-order valence-electron chi connectivity index (χ3n) is 3.10. The Morgan fingerprint density at radius 1 is 0.700 bits per heavy atom. The number of nitrogens with two attached hydrogens (primary N) is 1. The maximum atomic E-state index is 5.46. The summed E-state index contributed by atoms with van der Waals surface area (Å²) in [6.07, 6.45) is 3.26. The van der Waals surface area contributed by atoms with Gasteiger partial charge in [-0.05, 0) is 11.1 Å². The molecule has 0 bridgehead atoms. The van der Waals surface area contributed by atoms with Gasteiger partial charge in [0.1, 0.15) is 5.69 Å². The molecule has 98 valence electrons. The van der Waals surface area contributed by atoms with Crippen molar-refractivity contribution in [2.45, 2.75) is 0 Å². The van der Waals surface area contributed by atoms with Crippen molar-refractivity contribution in [2.24, 2.45) is 5.84 Å². The van der Waals surface area contributed by atoms with Crippen LogP contribution >= 0.6 is 0 Å². The highest BCUT2D eigenvalue weighted by Crippen LogP contribution is 2.26. The van der Waals surface area contributed by atoms with E-state index in [0.717, 1.165) is 11.3 Å². The van der Waals surface area contributed by atoms with E-state index in [1.807, 2.05) is 30.3 Å². The second kappa shape index (κ2) is 5.50. The number of nitrogen functional groups attached to an aromatic ring is 1. The third kappa shape index (κ3) is 2.37. The summed E-state index contributed by atoms with van der Waals surface area (Å²) >= 11 is 0. The molecule has 1 aromatic heterocycles. The molecule has 0 saturated carbocycles. The van der Waals surface area contributed by atoms with Crippen molar-refractivity contribution in [1.82, 2.24) is 9.97 Å². The molecule has 3 N–H and O–H groups in total. The number of anilines is 1. The molecule has 0 spiro atoms. The van der Waals surface area contributed by atoms with Crippen LogP contribution in [0.5, 0.6) is 0 Å². The van der Waals surface area contributed by atoms with Crippen LogP contribution in [0.4, 0.5) is 5.82 Å². The minimum atomic E-state index is 0.569. The summed E-state index contributed by atoms with van der Waals surface area (Å²) in [6.45, 7) is 0. The van der Waals surface area contributed by atoms with Crippen LogP contribution < -0.4 is 11.3 Å². The smallest absolute Gasteiger partial charge is 0.166 e. The maximum absolute atomic E-state index is 5.46. The zero-order valence-electron chi connectivity index (χ0n) is 10.8. The number of nitrogens with one attached hydrogen (secondary N) is 1. The molecule has 3 rings (SSSR count). The van der Waals surface area contributed by atoms with Crippen LogP contribution in [0.3, 0.4) is 0 Å². The first-order valence-corrected chi connectivity index (χ1v) is 6.32. The average Bonchev–Trinajstić information content (AvgIpc) is 2.56. The monoisotopic (exact) mass is 262 g/mol. The molecule has 0 atom stereocenters. The van der Waals surface area contributed by atoms with Crippen LogP contribution in [0.15, 0.2) is 67.0 Å². The first kappa shape index (κ1) is 12.3. The van der Waals surface area contributed by atoms with Gasteiger partial charge in [-0.15, -0.1) is 0 Å². The van der Waals surface area contributed by atoms with Gasteiger partial charge in [-0.3, -0.25) is 4.98 Å². The molecule has 0 unspecified atom stereocenters. The normalized spacial score (nSPS) is 10.2. The molecule has 1 heterocycles. The van der Waals surface area contributed by atoms with Gasteiger partial charge in [-0.1, -0.05) is 54.6 Å². The summed E-state index contributed by atoms with van der Waals surface area (Å²) in [5.74, 6) is 6.03. The van der Waals surface area contributed by atoms with Crippen molar-refractivity contribution in [3.8, 4) is 22.4 Å². The second-order valence-corrected chi connectivity index (χ2v) is 4.34. The summed E-state index contributed by atoms with van der Waals surface area (Å²) in [5.41, 5.74) is 6.65. The number of hydrogen-bond acceptors (Lipinski definition) is 4. The van der Waals surface area contributed by atoms with Crippen LogP contribution in [-0.2, 0) is 0 Å². The van der Waals surface area contributed by atoms with Gasteiger partial charge in [0.15, 0.2) is 5.82 Å².